The molecule has 2 N–H and O–H groups in total. The van der Waals surface area contributed by atoms with Gasteiger partial charge in [0.15, 0.2) is 0 Å². The van der Waals surface area contributed by atoms with Crippen LogP contribution in [-0.4, -0.2) is 39.5 Å². The molecule has 2 heterocycles. The number of hydrogen-bond donors (Lipinski definition) is 2. The van der Waals surface area contributed by atoms with Gasteiger partial charge in [0.1, 0.15) is 6.33 Å². The number of aromatic nitrogens is 2. The summed E-state index contributed by atoms with van der Waals surface area (Å²) in [5.41, 5.74) is 2.96. The Bertz CT molecular complexity index is 461. The molecule has 0 atom stereocenters. The van der Waals surface area contributed by atoms with Crippen molar-refractivity contribution in [2.75, 3.05) is 30.4 Å². The van der Waals surface area contributed by atoms with Crippen molar-refractivity contribution in [3.05, 3.63) is 16.4 Å². The summed E-state index contributed by atoms with van der Waals surface area (Å²) in [7, 11) is 0. The standard InChI is InChI=1S/C12H20N6O2/c1-2-6-13-11-10(18(19)20)12(15-9-14-11)16-17-7-4-3-5-8-17/h9H,2-8H2,1H3,(H2,13,14,15,16). The molecule has 1 aromatic heterocycles. The minimum absolute atomic E-state index is 0.0912. The molecule has 0 radical (unpaired) electrons. The van der Waals surface area contributed by atoms with Gasteiger partial charge in [0.25, 0.3) is 0 Å². The van der Waals surface area contributed by atoms with E-state index in [1.54, 1.807) is 0 Å². The Kier molecular flexibility index (Phi) is 5.05. The third-order valence-electron chi connectivity index (χ3n) is 3.17. The summed E-state index contributed by atoms with van der Waals surface area (Å²) in [5.74, 6) is 0.525. The van der Waals surface area contributed by atoms with E-state index in [-0.39, 0.29) is 17.3 Å². The van der Waals surface area contributed by atoms with Crippen LogP contribution in [0, 0.1) is 10.1 Å². The largest absolute Gasteiger partial charge is 0.364 e. The van der Waals surface area contributed by atoms with E-state index in [1.165, 1.54) is 12.7 Å². The van der Waals surface area contributed by atoms with Gasteiger partial charge in [-0.15, -0.1) is 0 Å². The van der Waals surface area contributed by atoms with Crippen molar-refractivity contribution < 1.29 is 4.92 Å². The third-order valence-corrected chi connectivity index (χ3v) is 3.17. The zero-order valence-electron chi connectivity index (χ0n) is 11.6. The second-order valence-corrected chi connectivity index (χ2v) is 4.76. The zero-order valence-corrected chi connectivity index (χ0v) is 11.6. The molecule has 0 aromatic carbocycles. The van der Waals surface area contributed by atoms with E-state index in [0.29, 0.717) is 6.54 Å². The molecule has 1 aliphatic heterocycles. The maximum Gasteiger partial charge on any atom is 0.354 e. The van der Waals surface area contributed by atoms with Gasteiger partial charge in [0.2, 0.25) is 11.6 Å². The number of hydrogen-bond acceptors (Lipinski definition) is 7. The summed E-state index contributed by atoms with van der Waals surface area (Å²) in [5, 5.41) is 16.2. The molecule has 20 heavy (non-hydrogen) atoms. The molecule has 1 fully saturated rings. The van der Waals surface area contributed by atoms with Crippen molar-refractivity contribution >= 4 is 17.3 Å². The van der Waals surface area contributed by atoms with Crippen LogP contribution in [0.3, 0.4) is 0 Å². The summed E-state index contributed by atoms with van der Waals surface area (Å²) in [6, 6.07) is 0. The van der Waals surface area contributed by atoms with Crippen LogP contribution < -0.4 is 10.7 Å². The van der Waals surface area contributed by atoms with Gasteiger partial charge in [-0.2, -0.15) is 0 Å². The van der Waals surface area contributed by atoms with Crippen LogP contribution in [0.4, 0.5) is 17.3 Å². The number of nitro groups is 1. The monoisotopic (exact) mass is 280 g/mol. The maximum atomic E-state index is 11.3. The molecular formula is C12H20N6O2. The molecule has 0 saturated carbocycles. The lowest BCUT2D eigenvalue weighted by Gasteiger charge is -2.27. The van der Waals surface area contributed by atoms with E-state index in [4.69, 9.17) is 0 Å². The molecule has 8 nitrogen and oxygen atoms in total. The van der Waals surface area contributed by atoms with Crippen molar-refractivity contribution in [3.8, 4) is 0 Å². The maximum absolute atomic E-state index is 11.3. The molecule has 2 rings (SSSR count). The van der Waals surface area contributed by atoms with Crippen molar-refractivity contribution in [1.29, 1.82) is 0 Å². The highest BCUT2D eigenvalue weighted by atomic mass is 16.6. The molecule has 0 spiro atoms. The second kappa shape index (κ2) is 6.99. The predicted octanol–water partition coefficient (Wildman–Crippen LogP) is 2.02. The summed E-state index contributed by atoms with van der Waals surface area (Å²) < 4.78 is 0. The van der Waals surface area contributed by atoms with Gasteiger partial charge in [-0.05, 0) is 19.3 Å². The van der Waals surface area contributed by atoms with Crippen LogP contribution in [0.1, 0.15) is 32.6 Å². The van der Waals surface area contributed by atoms with Gasteiger partial charge in [0.05, 0.1) is 4.92 Å². The first-order valence-corrected chi connectivity index (χ1v) is 6.97. The Morgan fingerprint density at radius 1 is 1.30 bits per heavy atom. The number of nitrogens with one attached hydrogen (secondary N) is 2. The summed E-state index contributed by atoms with van der Waals surface area (Å²) in [6.07, 6.45) is 5.60. The first-order valence-electron chi connectivity index (χ1n) is 6.97. The molecule has 0 unspecified atom stereocenters. The second-order valence-electron chi connectivity index (χ2n) is 4.76. The first-order chi connectivity index (χ1) is 9.72. The topological polar surface area (TPSA) is 96.2 Å². The van der Waals surface area contributed by atoms with E-state index in [1.807, 2.05) is 11.9 Å². The number of anilines is 2. The van der Waals surface area contributed by atoms with E-state index in [2.05, 4.69) is 20.7 Å². The number of rotatable bonds is 6. The fourth-order valence-electron chi connectivity index (χ4n) is 2.16. The Balaban J connectivity index is 2.19. The molecule has 1 saturated heterocycles. The van der Waals surface area contributed by atoms with Crippen LogP contribution >= 0.6 is 0 Å². The highest BCUT2D eigenvalue weighted by Gasteiger charge is 2.24. The van der Waals surface area contributed by atoms with Crippen molar-refractivity contribution in [2.45, 2.75) is 32.6 Å². The highest BCUT2D eigenvalue weighted by molar-refractivity contribution is 5.68. The molecule has 0 aliphatic carbocycles. The Morgan fingerprint density at radius 3 is 2.65 bits per heavy atom. The average Bonchev–Trinajstić information content (AvgIpc) is 2.46. The predicted molar refractivity (Wildman–Crippen MR) is 76.5 cm³/mol. The van der Waals surface area contributed by atoms with Crippen molar-refractivity contribution in [3.63, 3.8) is 0 Å². The van der Waals surface area contributed by atoms with Gasteiger partial charge in [-0.1, -0.05) is 13.3 Å². The fraction of sp³-hybridized carbons (Fsp3) is 0.667. The van der Waals surface area contributed by atoms with Crippen molar-refractivity contribution in [2.24, 2.45) is 0 Å². The Labute approximate surface area is 117 Å². The van der Waals surface area contributed by atoms with E-state index < -0.39 is 4.92 Å². The molecule has 0 bridgehead atoms. The minimum atomic E-state index is -0.440. The first kappa shape index (κ1) is 14.4. The smallest absolute Gasteiger partial charge is 0.354 e. The van der Waals surface area contributed by atoms with Crippen LogP contribution in [0.25, 0.3) is 0 Å². The van der Waals surface area contributed by atoms with Gasteiger partial charge in [0, 0.05) is 19.6 Å². The third kappa shape index (κ3) is 3.53. The van der Waals surface area contributed by atoms with E-state index in [0.717, 1.165) is 32.4 Å². The average molecular weight is 280 g/mol. The summed E-state index contributed by atoms with van der Waals surface area (Å²) in [6.45, 7) is 4.38. The van der Waals surface area contributed by atoms with Crippen LogP contribution in [0.5, 0.6) is 0 Å². The normalized spacial score (nSPS) is 15.8. The number of nitrogens with zero attached hydrogens (tertiary/aromatic N) is 4. The van der Waals surface area contributed by atoms with Gasteiger partial charge >= 0.3 is 5.69 Å². The van der Waals surface area contributed by atoms with E-state index >= 15 is 0 Å². The summed E-state index contributed by atoms with van der Waals surface area (Å²) >= 11 is 0. The zero-order chi connectivity index (χ0) is 14.4. The minimum Gasteiger partial charge on any atom is -0.364 e. The highest BCUT2D eigenvalue weighted by Crippen LogP contribution is 2.29. The van der Waals surface area contributed by atoms with Crippen LogP contribution in [-0.2, 0) is 0 Å². The van der Waals surface area contributed by atoms with Crippen LogP contribution in [0.2, 0.25) is 0 Å². The molecule has 8 heteroatoms. The van der Waals surface area contributed by atoms with Gasteiger partial charge < -0.3 is 5.32 Å². The Hall–Kier alpha value is -1.96. The number of hydrazine groups is 1. The SMILES string of the molecule is CCCNc1ncnc(NN2CCCCC2)c1[N+](=O)[O-]. The summed E-state index contributed by atoms with van der Waals surface area (Å²) in [4.78, 5) is 18.8. The lowest BCUT2D eigenvalue weighted by Crippen LogP contribution is -2.35. The van der Waals surface area contributed by atoms with Crippen molar-refractivity contribution in [1.82, 2.24) is 15.0 Å². The molecule has 1 aromatic rings. The molecular weight excluding hydrogens is 260 g/mol. The molecule has 110 valence electrons. The molecule has 1 aliphatic rings. The lowest BCUT2D eigenvalue weighted by atomic mass is 10.2. The fourth-order valence-corrected chi connectivity index (χ4v) is 2.16. The quantitative estimate of drug-likeness (QED) is 0.607. The Morgan fingerprint density at radius 2 is 2.00 bits per heavy atom. The van der Waals surface area contributed by atoms with Crippen LogP contribution in [0.15, 0.2) is 6.33 Å². The number of piperidine rings is 1. The van der Waals surface area contributed by atoms with E-state index in [9.17, 15) is 10.1 Å². The van der Waals surface area contributed by atoms with Gasteiger partial charge in [-0.25, -0.2) is 15.0 Å². The lowest BCUT2D eigenvalue weighted by molar-refractivity contribution is -0.383. The van der Waals surface area contributed by atoms with Gasteiger partial charge in [-0.3, -0.25) is 15.5 Å². The molecule has 0 amide bonds.